The normalized spacial score (nSPS) is 11.3. The highest BCUT2D eigenvalue weighted by Crippen LogP contribution is 2.27. The molecular weight excluding hydrogens is 432 g/mol. The van der Waals surface area contributed by atoms with Gasteiger partial charge in [-0.25, -0.2) is 4.98 Å². The van der Waals surface area contributed by atoms with Gasteiger partial charge in [-0.3, -0.25) is 9.36 Å². The van der Waals surface area contributed by atoms with Gasteiger partial charge in [-0.15, -0.1) is 11.3 Å². The number of aromatic nitrogens is 2. The molecule has 0 saturated heterocycles. The Kier molecular flexibility index (Phi) is 6.32. The molecule has 0 amide bonds. The van der Waals surface area contributed by atoms with Crippen molar-refractivity contribution in [2.45, 2.75) is 44.6 Å². The van der Waals surface area contributed by atoms with Gasteiger partial charge in [-0.2, -0.15) is 0 Å². The van der Waals surface area contributed by atoms with E-state index in [9.17, 15) is 4.79 Å². The van der Waals surface area contributed by atoms with E-state index >= 15 is 0 Å². The lowest BCUT2D eigenvalue weighted by Gasteiger charge is -2.14. The Morgan fingerprint density at radius 3 is 2.47 bits per heavy atom. The van der Waals surface area contributed by atoms with Crippen LogP contribution in [0.3, 0.4) is 0 Å². The summed E-state index contributed by atoms with van der Waals surface area (Å²) in [6.45, 7) is 7.02. The number of thiophene rings is 1. The molecule has 6 heteroatoms. The van der Waals surface area contributed by atoms with Crippen molar-refractivity contribution < 1.29 is 0 Å². The smallest absolute Gasteiger partial charge is 0.272 e. The number of fused-ring (bicyclic) bond motifs is 1. The van der Waals surface area contributed by atoms with Gasteiger partial charge in [0.1, 0.15) is 4.70 Å². The topological polar surface area (TPSA) is 34.9 Å². The number of nitrogens with zero attached hydrogens (tertiary/aromatic N) is 2. The van der Waals surface area contributed by atoms with Gasteiger partial charge in [0.2, 0.25) is 0 Å². The Morgan fingerprint density at radius 1 is 1.07 bits per heavy atom. The summed E-state index contributed by atoms with van der Waals surface area (Å²) in [6, 6.07) is 14.2. The molecule has 4 aromatic rings. The summed E-state index contributed by atoms with van der Waals surface area (Å²) in [5.74, 6) is 0.793. The van der Waals surface area contributed by atoms with Crippen LogP contribution < -0.4 is 5.56 Å². The molecule has 2 aromatic carbocycles. The SMILES string of the molecule is Cc1cc(C)c(CSc2nc3ccsc3c(=O)n2CCc2ccc(Cl)cc2)c(C)c1. The molecule has 0 aliphatic rings. The van der Waals surface area contributed by atoms with Crippen LogP contribution in [-0.4, -0.2) is 9.55 Å². The van der Waals surface area contributed by atoms with Gasteiger partial charge < -0.3 is 0 Å². The second-order valence-corrected chi connectivity index (χ2v) is 9.82. The summed E-state index contributed by atoms with van der Waals surface area (Å²) in [4.78, 5) is 18.0. The van der Waals surface area contributed by atoms with E-state index < -0.39 is 0 Å². The van der Waals surface area contributed by atoms with Crippen molar-refractivity contribution in [3.63, 3.8) is 0 Å². The number of rotatable bonds is 6. The first-order chi connectivity index (χ1) is 14.4. The van der Waals surface area contributed by atoms with Gasteiger partial charge in [0.15, 0.2) is 5.16 Å². The van der Waals surface area contributed by atoms with Crippen LogP contribution in [0.25, 0.3) is 10.2 Å². The highest BCUT2D eigenvalue weighted by atomic mass is 35.5. The maximum atomic E-state index is 13.2. The zero-order chi connectivity index (χ0) is 21.3. The van der Waals surface area contributed by atoms with Gasteiger partial charge in [0.05, 0.1) is 5.52 Å². The molecule has 0 atom stereocenters. The molecule has 4 rings (SSSR count). The summed E-state index contributed by atoms with van der Waals surface area (Å²) in [5, 5.41) is 3.43. The minimum atomic E-state index is 0.0452. The van der Waals surface area contributed by atoms with Crippen LogP contribution in [0.15, 0.2) is 57.8 Å². The van der Waals surface area contributed by atoms with Crippen molar-refractivity contribution in [2.24, 2.45) is 0 Å². The van der Waals surface area contributed by atoms with Gasteiger partial charge in [-0.1, -0.05) is 53.2 Å². The third kappa shape index (κ3) is 4.48. The monoisotopic (exact) mass is 454 g/mol. The van der Waals surface area contributed by atoms with Crippen molar-refractivity contribution in [1.82, 2.24) is 9.55 Å². The molecule has 0 fully saturated rings. The number of hydrogen-bond acceptors (Lipinski definition) is 4. The van der Waals surface area contributed by atoms with Crippen LogP contribution in [0, 0.1) is 20.8 Å². The van der Waals surface area contributed by atoms with Gasteiger partial charge in [0.25, 0.3) is 5.56 Å². The second-order valence-electron chi connectivity index (χ2n) is 7.53. The van der Waals surface area contributed by atoms with Crippen LogP contribution >= 0.6 is 34.7 Å². The molecule has 30 heavy (non-hydrogen) atoms. The lowest BCUT2D eigenvalue weighted by Crippen LogP contribution is -2.23. The predicted molar refractivity (Wildman–Crippen MR) is 129 cm³/mol. The molecule has 0 N–H and O–H groups in total. The third-order valence-corrected chi connectivity index (χ3v) is 7.40. The Bertz CT molecular complexity index is 1240. The molecule has 154 valence electrons. The molecule has 0 saturated carbocycles. The standard InChI is InChI=1S/C24H23ClN2OS2/c1-15-12-16(2)20(17(3)13-15)14-30-24-26-21-9-11-29-22(21)23(28)27(24)10-8-18-4-6-19(25)7-5-18/h4-7,9,11-13H,8,10,14H2,1-3H3. The molecule has 0 radical (unpaired) electrons. The Hall–Kier alpha value is -2.08. The second kappa shape index (κ2) is 8.96. The lowest BCUT2D eigenvalue weighted by molar-refractivity contribution is 0.596. The largest absolute Gasteiger partial charge is 0.286 e. The van der Waals surface area contributed by atoms with Crippen molar-refractivity contribution in [3.05, 3.63) is 91.0 Å². The number of benzene rings is 2. The molecule has 2 heterocycles. The van der Waals surface area contributed by atoms with Gasteiger partial charge >= 0.3 is 0 Å². The first-order valence-electron chi connectivity index (χ1n) is 9.84. The molecule has 0 aliphatic carbocycles. The van der Waals surface area contributed by atoms with E-state index in [1.54, 1.807) is 11.8 Å². The van der Waals surface area contributed by atoms with Gasteiger partial charge in [0, 0.05) is 17.3 Å². The minimum absolute atomic E-state index is 0.0452. The quantitative estimate of drug-likeness (QED) is 0.244. The number of halogens is 1. The summed E-state index contributed by atoms with van der Waals surface area (Å²) < 4.78 is 2.55. The lowest BCUT2D eigenvalue weighted by atomic mass is 10.0. The molecule has 0 spiro atoms. The number of aryl methyl sites for hydroxylation is 4. The average molecular weight is 455 g/mol. The summed E-state index contributed by atoms with van der Waals surface area (Å²) in [5.41, 5.74) is 7.14. The first-order valence-corrected chi connectivity index (χ1v) is 12.1. The maximum Gasteiger partial charge on any atom is 0.272 e. The molecular formula is C24H23ClN2OS2. The van der Waals surface area contributed by atoms with Crippen LogP contribution in [0.1, 0.15) is 27.8 Å². The Labute approximate surface area is 189 Å². The van der Waals surface area contributed by atoms with Crippen molar-refractivity contribution in [3.8, 4) is 0 Å². The highest BCUT2D eigenvalue weighted by molar-refractivity contribution is 7.98. The summed E-state index contributed by atoms with van der Waals surface area (Å²) >= 11 is 9.10. The van der Waals surface area contributed by atoms with E-state index in [4.69, 9.17) is 16.6 Å². The molecule has 2 aromatic heterocycles. The van der Waals surface area contributed by atoms with Crippen LogP contribution in [0.5, 0.6) is 0 Å². The fourth-order valence-electron chi connectivity index (χ4n) is 3.70. The molecule has 0 aliphatic heterocycles. The fraction of sp³-hybridized carbons (Fsp3) is 0.250. The fourth-order valence-corrected chi connectivity index (χ4v) is 5.82. The van der Waals surface area contributed by atoms with Crippen molar-refractivity contribution in [1.29, 1.82) is 0 Å². The third-order valence-electron chi connectivity index (χ3n) is 5.25. The Morgan fingerprint density at radius 2 is 1.77 bits per heavy atom. The maximum absolute atomic E-state index is 13.2. The first kappa shape index (κ1) is 21.2. The van der Waals surface area contributed by atoms with E-state index in [0.29, 0.717) is 6.54 Å². The Balaban J connectivity index is 1.65. The zero-order valence-electron chi connectivity index (χ0n) is 17.2. The van der Waals surface area contributed by atoms with E-state index in [2.05, 4.69) is 32.9 Å². The van der Waals surface area contributed by atoms with Crippen molar-refractivity contribution >= 4 is 44.9 Å². The predicted octanol–water partition coefficient (Wildman–Crippen LogP) is 6.57. The van der Waals surface area contributed by atoms with E-state index in [-0.39, 0.29) is 5.56 Å². The van der Waals surface area contributed by atoms with E-state index in [0.717, 1.165) is 38.1 Å². The molecule has 0 unspecified atom stereocenters. The van der Waals surface area contributed by atoms with Crippen LogP contribution in [0.4, 0.5) is 0 Å². The highest BCUT2D eigenvalue weighted by Gasteiger charge is 2.14. The number of hydrogen-bond donors (Lipinski definition) is 0. The summed E-state index contributed by atoms with van der Waals surface area (Å²) in [6.07, 6.45) is 0.756. The molecule has 0 bridgehead atoms. The minimum Gasteiger partial charge on any atom is -0.286 e. The average Bonchev–Trinajstić information content (AvgIpc) is 3.17. The number of thioether (sulfide) groups is 1. The zero-order valence-corrected chi connectivity index (χ0v) is 19.6. The summed E-state index contributed by atoms with van der Waals surface area (Å²) in [7, 11) is 0. The van der Waals surface area contributed by atoms with E-state index in [1.807, 2.05) is 40.3 Å². The van der Waals surface area contributed by atoms with Crippen LogP contribution in [-0.2, 0) is 18.7 Å². The van der Waals surface area contributed by atoms with Crippen molar-refractivity contribution in [2.75, 3.05) is 0 Å². The van der Waals surface area contributed by atoms with E-state index in [1.165, 1.54) is 33.6 Å². The van der Waals surface area contributed by atoms with Gasteiger partial charge in [-0.05, 0) is 73.0 Å². The molecule has 3 nitrogen and oxygen atoms in total. The van der Waals surface area contributed by atoms with Crippen LogP contribution in [0.2, 0.25) is 5.02 Å².